The van der Waals surface area contributed by atoms with E-state index in [1.54, 1.807) is 11.8 Å². The van der Waals surface area contributed by atoms with Crippen LogP contribution in [0, 0.1) is 0 Å². The van der Waals surface area contributed by atoms with E-state index >= 15 is 0 Å². The molecule has 1 aliphatic rings. The maximum Gasteiger partial charge on any atom is 0.238 e. The average molecular weight is 340 g/mol. The number of carbonyl (C=O) groups excluding carboxylic acids is 2. The Kier molecular flexibility index (Phi) is 4.90. The van der Waals surface area contributed by atoms with E-state index in [4.69, 9.17) is 0 Å². The molecule has 0 saturated carbocycles. The summed E-state index contributed by atoms with van der Waals surface area (Å²) in [6, 6.07) is 15.8. The number of nitrogens with zero attached hydrogens (tertiary/aromatic N) is 1. The smallest absolute Gasteiger partial charge is 0.238 e. The topological polar surface area (TPSA) is 49.4 Å². The fraction of sp³-hybridized carbons (Fsp3) is 0.263. The Bertz CT molecular complexity index is 758. The Morgan fingerprint density at radius 3 is 2.67 bits per heavy atom. The van der Waals surface area contributed by atoms with Gasteiger partial charge in [-0.1, -0.05) is 31.2 Å². The van der Waals surface area contributed by atoms with Crippen LogP contribution in [0.3, 0.4) is 0 Å². The molecule has 0 aromatic heterocycles. The lowest BCUT2D eigenvalue weighted by Gasteiger charge is -2.25. The van der Waals surface area contributed by atoms with Gasteiger partial charge in [-0.3, -0.25) is 14.5 Å². The highest BCUT2D eigenvalue weighted by Gasteiger charge is 2.34. The van der Waals surface area contributed by atoms with Crippen LogP contribution in [0.15, 0.2) is 48.5 Å². The molecule has 2 aromatic carbocycles. The molecular formula is C19H20N2O2S. The molecule has 1 fully saturated rings. The summed E-state index contributed by atoms with van der Waals surface area (Å²) in [6.07, 6.45) is 0.944. The number of benzene rings is 2. The van der Waals surface area contributed by atoms with Crippen LogP contribution in [-0.2, 0) is 16.0 Å². The predicted molar refractivity (Wildman–Crippen MR) is 99.3 cm³/mol. The fourth-order valence-electron chi connectivity index (χ4n) is 2.81. The summed E-state index contributed by atoms with van der Waals surface area (Å²) < 4.78 is 0. The lowest BCUT2D eigenvalue weighted by atomic mass is 10.1. The summed E-state index contributed by atoms with van der Waals surface area (Å²) in [5.74, 6) is 0.518. The molecule has 124 valence electrons. The molecule has 24 heavy (non-hydrogen) atoms. The molecular weight excluding hydrogens is 320 g/mol. The van der Waals surface area contributed by atoms with Crippen molar-refractivity contribution in [3.05, 3.63) is 59.7 Å². The largest absolute Gasteiger partial charge is 0.326 e. The fourth-order valence-corrected chi connectivity index (χ4v) is 3.99. The zero-order valence-electron chi connectivity index (χ0n) is 13.8. The first-order valence-corrected chi connectivity index (χ1v) is 9.03. The monoisotopic (exact) mass is 340 g/mol. The van der Waals surface area contributed by atoms with Crippen LogP contribution in [0.4, 0.5) is 11.4 Å². The normalized spacial score (nSPS) is 17.2. The quantitative estimate of drug-likeness (QED) is 0.916. The van der Waals surface area contributed by atoms with E-state index in [0.717, 1.165) is 23.4 Å². The van der Waals surface area contributed by atoms with Crippen LogP contribution in [0.25, 0.3) is 0 Å². The van der Waals surface area contributed by atoms with Crippen LogP contribution < -0.4 is 10.2 Å². The highest BCUT2D eigenvalue weighted by atomic mass is 32.2. The molecule has 1 heterocycles. The van der Waals surface area contributed by atoms with E-state index in [1.165, 1.54) is 12.5 Å². The number of anilines is 2. The SMILES string of the molecule is CCc1cccc(N2C(=O)CS[C@@H]2c2ccc(NC(C)=O)cc2)c1. The molecule has 0 unspecified atom stereocenters. The Balaban J connectivity index is 1.88. The molecule has 1 N–H and O–H groups in total. The Morgan fingerprint density at radius 2 is 2.00 bits per heavy atom. The van der Waals surface area contributed by atoms with Gasteiger partial charge >= 0.3 is 0 Å². The van der Waals surface area contributed by atoms with E-state index in [1.807, 2.05) is 41.3 Å². The highest BCUT2D eigenvalue weighted by Crippen LogP contribution is 2.42. The van der Waals surface area contributed by atoms with Gasteiger partial charge in [0.1, 0.15) is 5.37 Å². The summed E-state index contributed by atoms with van der Waals surface area (Å²) in [7, 11) is 0. The molecule has 0 radical (unpaired) electrons. The molecule has 0 spiro atoms. The van der Waals surface area contributed by atoms with Gasteiger partial charge in [0.05, 0.1) is 5.75 Å². The molecule has 0 aliphatic carbocycles. The molecule has 4 nitrogen and oxygen atoms in total. The molecule has 2 aromatic rings. The maximum atomic E-state index is 12.4. The van der Waals surface area contributed by atoms with Crippen LogP contribution in [0.5, 0.6) is 0 Å². The summed E-state index contributed by atoms with van der Waals surface area (Å²) in [6.45, 7) is 3.60. The third-order valence-corrected chi connectivity index (χ3v) is 5.19. The van der Waals surface area contributed by atoms with Crippen molar-refractivity contribution in [3.8, 4) is 0 Å². The summed E-state index contributed by atoms with van der Waals surface area (Å²) in [5, 5.41) is 2.73. The third kappa shape index (κ3) is 3.46. The van der Waals surface area contributed by atoms with Crippen LogP contribution in [-0.4, -0.2) is 17.6 Å². The van der Waals surface area contributed by atoms with Gasteiger partial charge in [0.25, 0.3) is 0 Å². The van der Waals surface area contributed by atoms with Crippen molar-refractivity contribution in [1.29, 1.82) is 0 Å². The van der Waals surface area contributed by atoms with Crippen LogP contribution in [0.1, 0.15) is 30.3 Å². The number of thioether (sulfide) groups is 1. The van der Waals surface area contributed by atoms with Gasteiger partial charge in [0.15, 0.2) is 0 Å². The van der Waals surface area contributed by atoms with Gasteiger partial charge in [-0.2, -0.15) is 0 Å². The predicted octanol–water partition coefficient (Wildman–Crippen LogP) is 3.99. The van der Waals surface area contributed by atoms with Crippen molar-refractivity contribution in [2.75, 3.05) is 16.0 Å². The van der Waals surface area contributed by atoms with Gasteiger partial charge in [-0.25, -0.2) is 0 Å². The number of nitrogens with one attached hydrogen (secondary N) is 1. The van der Waals surface area contributed by atoms with Crippen molar-refractivity contribution in [3.63, 3.8) is 0 Å². The van der Waals surface area contributed by atoms with Crippen molar-refractivity contribution >= 4 is 35.0 Å². The number of hydrogen-bond acceptors (Lipinski definition) is 3. The average Bonchev–Trinajstić information content (AvgIpc) is 2.96. The second-order valence-electron chi connectivity index (χ2n) is 5.75. The number of amides is 2. The van der Waals surface area contributed by atoms with E-state index in [2.05, 4.69) is 24.4 Å². The van der Waals surface area contributed by atoms with Crippen LogP contribution >= 0.6 is 11.8 Å². The number of aryl methyl sites for hydroxylation is 1. The first-order valence-electron chi connectivity index (χ1n) is 7.98. The Labute approximate surface area is 146 Å². The van der Waals surface area contributed by atoms with Crippen molar-refractivity contribution in [1.82, 2.24) is 0 Å². The van der Waals surface area contributed by atoms with Crippen molar-refractivity contribution < 1.29 is 9.59 Å². The summed E-state index contributed by atoms with van der Waals surface area (Å²) >= 11 is 1.63. The minimum Gasteiger partial charge on any atom is -0.326 e. The van der Waals surface area contributed by atoms with Gasteiger partial charge < -0.3 is 5.32 Å². The van der Waals surface area contributed by atoms with Crippen molar-refractivity contribution in [2.45, 2.75) is 25.6 Å². The summed E-state index contributed by atoms with van der Waals surface area (Å²) in [5.41, 5.74) is 3.99. The standard InChI is InChI=1S/C19H20N2O2S/c1-3-14-5-4-6-17(11-14)21-18(23)12-24-19(21)15-7-9-16(10-8-15)20-13(2)22/h4-11,19H,3,12H2,1-2H3,(H,20,22)/t19-/m1/s1. The molecule has 1 saturated heterocycles. The molecule has 5 heteroatoms. The lowest BCUT2D eigenvalue weighted by molar-refractivity contribution is -0.116. The van der Waals surface area contributed by atoms with E-state index in [-0.39, 0.29) is 17.2 Å². The zero-order chi connectivity index (χ0) is 17.1. The number of rotatable bonds is 4. The highest BCUT2D eigenvalue weighted by molar-refractivity contribution is 8.00. The van der Waals surface area contributed by atoms with Crippen LogP contribution in [0.2, 0.25) is 0 Å². The van der Waals surface area contributed by atoms with Gasteiger partial charge in [0.2, 0.25) is 11.8 Å². The van der Waals surface area contributed by atoms with E-state index in [9.17, 15) is 9.59 Å². The molecule has 1 atom stereocenters. The summed E-state index contributed by atoms with van der Waals surface area (Å²) in [4.78, 5) is 25.4. The second-order valence-corrected chi connectivity index (χ2v) is 6.82. The van der Waals surface area contributed by atoms with Crippen molar-refractivity contribution in [2.24, 2.45) is 0 Å². The van der Waals surface area contributed by atoms with Gasteiger partial charge in [0, 0.05) is 18.3 Å². The van der Waals surface area contributed by atoms with Gasteiger partial charge in [-0.15, -0.1) is 11.8 Å². The number of carbonyl (C=O) groups is 2. The molecule has 0 bridgehead atoms. The molecule has 1 aliphatic heterocycles. The minimum absolute atomic E-state index is 0.0315. The first-order chi connectivity index (χ1) is 11.6. The molecule has 2 amide bonds. The Morgan fingerprint density at radius 1 is 1.25 bits per heavy atom. The second kappa shape index (κ2) is 7.09. The lowest BCUT2D eigenvalue weighted by Crippen LogP contribution is -2.27. The zero-order valence-corrected chi connectivity index (χ0v) is 14.6. The molecule has 3 rings (SSSR count). The third-order valence-electron chi connectivity index (χ3n) is 3.98. The van der Waals surface area contributed by atoms with E-state index in [0.29, 0.717) is 5.75 Å². The first kappa shape index (κ1) is 16.6. The van der Waals surface area contributed by atoms with E-state index < -0.39 is 0 Å². The Hall–Kier alpha value is -2.27. The number of hydrogen-bond donors (Lipinski definition) is 1. The maximum absolute atomic E-state index is 12.4. The van der Waals surface area contributed by atoms with Gasteiger partial charge in [-0.05, 0) is 41.8 Å². The minimum atomic E-state index is -0.0915.